The van der Waals surface area contributed by atoms with Crippen LogP contribution in [0, 0.1) is 5.82 Å². The average Bonchev–Trinajstić information content (AvgIpc) is 2.77. The third-order valence-corrected chi connectivity index (χ3v) is 4.89. The Kier molecular flexibility index (Phi) is 6.69. The molecule has 30 heavy (non-hydrogen) atoms. The van der Waals surface area contributed by atoms with Crippen LogP contribution < -0.4 is 15.5 Å². The minimum Gasteiger partial charge on any atom is -0.324 e. The van der Waals surface area contributed by atoms with Crippen molar-refractivity contribution < 1.29 is 18.8 Å². The maximum Gasteiger partial charge on any atom is 0.241 e. The van der Waals surface area contributed by atoms with E-state index in [4.69, 9.17) is 11.6 Å². The van der Waals surface area contributed by atoms with Gasteiger partial charge in [-0.3, -0.25) is 19.3 Å². The van der Waals surface area contributed by atoms with Crippen molar-refractivity contribution >= 4 is 46.4 Å². The van der Waals surface area contributed by atoms with E-state index in [1.54, 1.807) is 43.1 Å². The van der Waals surface area contributed by atoms with Gasteiger partial charge in [-0.05, 0) is 44.3 Å². The molecular formula is C21H22ClFN4O3. The van der Waals surface area contributed by atoms with Crippen molar-refractivity contribution in [3.8, 4) is 0 Å². The summed E-state index contributed by atoms with van der Waals surface area (Å²) in [5.41, 5.74) is 1.20. The molecule has 7 nitrogen and oxygen atoms in total. The van der Waals surface area contributed by atoms with Crippen molar-refractivity contribution in [3.63, 3.8) is 0 Å². The van der Waals surface area contributed by atoms with Gasteiger partial charge < -0.3 is 15.5 Å². The zero-order chi connectivity index (χ0) is 21.8. The lowest BCUT2D eigenvalue weighted by molar-refractivity contribution is -0.121. The molecule has 0 fully saturated rings. The number of rotatable bonds is 5. The summed E-state index contributed by atoms with van der Waals surface area (Å²) < 4.78 is 13.8. The van der Waals surface area contributed by atoms with Gasteiger partial charge in [-0.1, -0.05) is 23.7 Å². The van der Waals surface area contributed by atoms with E-state index in [2.05, 4.69) is 10.6 Å². The summed E-state index contributed by atoms with van der Waals surface area (Å²) in [7, 11) is 1.62. The fourth-order valence-electron chi connectivity index (χ4n) is 3.36. The van der Waals surface area contributed by atoms with Crippen molar-refractivity contribution in [2.45, 2.75) is 19.4 Å². The molecule has 0 aromatic heterocycles. The number of nitrogens with one attached hydrogen (secondary N) is 2. The molecule has 2 N–H and O–H groups in total. The number of fused-ring (bicyclic) bond motifs is 1. The second kappa shape index (κ2) is 9.23. The highest BCUT2D eigenvalue weighted by Gasteiger charge is 2.30. The van der Waals surface area contributed by atoms with E-state index < -0.39 is 11.7 Å². The minimum absolute atomic E-state index is 0.0174. The van der Waals surface area contributed by atoms with E-state index in [1.165, 1.54) is 17.0 Å². The van der Waals surface area contributed by atoms with Gasteiger partial charge in [0.1, 0.15) is 5.82 Å². The van der Waals surface area contributed by atoms with Gasteiger partial charge in [-0.15, -0.1) is 0 Å². The first-order valence-electron chi connectivity index (χ1n) is 9.39. The van der Waals surface area contributed by atoms with Crippen LogP contribution in [0.4, 0.5) is 21.5 Å². The molecular weight excluding hydrogens is 411 g/mol. The molecule has 9 heteroatoms. The third kappa shape index (κ3) is 5.14. The van der Waals surface area contributed by atoms with E-state index in [0.717, 1.165) is 6.07 Å². The molecule has 2 aromatic carbocycles. The lowest BCUT2D eigenvalue weighted by atomic mass is 10.1. The fourth-order valence-corrected chi connectivity index (χ4v) is 3.52. The Morgan fingerprint density at radius 2 is 2.00 bits per heavy atom. The molecule has 3 amide bonds. The van der Waals surface area contributed by atoms with Crippen LogP contribution in [0.3, 0.4) is 0 Å². The zero-order valence-corrected chi connectivity index (χ0v) is 17.4. The number of likely N-dealkylation sites (N-methyl/N-ethyl adjacent to an activating group) is 1. The average molecular weight is 433 g/mol. The number of carbonyl (C=O) groups is 3. The van der Waals surface area contributed by atoms with Gasteiger partial charge in [0.25, 0.3) is 0 Å². The van der Waals surface area contributed by atoms with Crippen LogP contribution in [-0.4, -0.2) is 48.8 Å². The number of nitrogens with zero attached hydrogens (tertiary/aromatic N) is 2. The molecule has 1 heterocycles. The Labute approximate surface area is 178 Å². The van der Waals surface area contributed by atoms with Crippen LogP contribution in [-0.2, 0) is 14.4 Å². The number of anilines is 3. The predicted molar refractivity (Wildman–Crippen MR) is 114 cm³/mol. The summed E-state index contributed by atoms with van der Waals surface area (Å²) >= 11 is 5.71. The van der Waals surface area contributed by atoms with Gasteiger partial charge in [0.05, 0.1) is 30.2 Å². The monoisotopic (exact) mass is 432 g/mol. The Balaban J connectivity index is 1.66. The Hall–Kier alpha value is -2.97. The fraction of sp³-hybridized carbons (Fsp3) is 0.286. The molecule has 1 aliphatic rings. The van der Waals surface area contributed by atoms with E-state index in [9.17, 15) is 18.8 Å². The minimum atomic E-state index is -0.637. The van der Waals surface area contributed by atoms with Gasteiger partial charge >= 0.3 is 0 Å². The van der Waals surface area contributed by atoms with Gasteiger partial charge in [-0.25, -0.2) is 4.39 Å². The topological polar surface area (TPSA) is 81.8 Å². The summed E-state index contributed by atoms with van der Waals surface area (Å²) in [5.74, 6) is -1.52. The van der Waals surface area contributed by atoms with E-state index in [-0.39, 0.29) is 48.1 Å². The van der Waals surface area contributed by atoms with Crippen molar-refractivity contribution in [3.05, 3.63) is 53.3 Å². The lowest BCUT2D eigenvalue weighted by Crippen LogP contribution is -2.45. The molecule has 0 aliphatic carbocycles. The molecule has 0 spiro atoms. The van der Waals surface area contributed by atoms with E-state index in [1.807, 2.05) is 0 Å². The first kappa shape index (κ1) is 21.7. The molecule has 2 aromatic rings. The summed E-state index contributed by atoms with van der Waals surface area (Å²) in [6.07, 6.45) is 0.167. The molecule has 1 atom stereocenters. The van der Waals surface area contributed by atoms with Crippen LogP contribution >= 0.6 is 11.6 Å². The largest absolute Gasteiger partial charge is 0.324 e. The van der Waals surface area contributed by atoms with E-state index in [0.29, 0.717) is 11.4 Å². The molecule has 0 radical (unpaired) electrons. The molecule has 0 bridgehead atoms. The van der Waals surface area contributed by atoms with Crippen molar-refractivity contribution in [1.82, 2.24) is 4.90 Å². The highest BCUT2D eigenvalue weighted by atomic mass is 35.5. The van der Waals surface area contributed by atoms with Crippen LogP contribution in [0.25, 0.3) is 0 Å². The maximum absolute atomic E-state index is 13.8. The Morgan fingerprint density at radius 1 is 1.27 bits per heavy atom. The SMILES string of the molecule is C[C@H]1CC(=O)Nc2ccccc2N1C(=O)CN(C)CC(=O)Nc1ccc(Cl)cc1F. The van der Waals surface area contributed by atoms with Crippen LogP contribution in [0.1, 0.15) is 13.3 Å². The van der Waals surface area contributed by atoms with Crippen LogP contribution in [0.15, 0.2) is 42.5 Å². The highest BCUT2D eigenvalue weighted by Crippen LogP contribution is 2.31. The first-order chi connectivity index (χ1) is 14.2. The molecule has 1 aliphatic heterocycles. The molecule has 0 saturated heterocycles. The number of hydrogen-bond acceptors (Lipinski definition) is 4. The number of benzene rings is 2. The Morgan fingerprint density at radius 3 is 2.73 bits per heavy atom. The summed E-state index contributed by atoms with van der Waals surface area (Å²) in [6, 6.07) is 10.7. The number of hydrogen-bond donors (Lipinski definition) is 2. The van der Waals surface area contributed by atoms with Crippen LogP contribution in [0.5, 0.6) is 0 Å². The van der Waals surface area contributed by atoms with Crippen molar-refractivity contribution in [1.29, 1.82) is 0 Å². The summed E-state index contributed by atoms with van der Waals surface area (Å²) in [6.45, 7) is 1.63. The second-order valence-corrected chi connectivity index (χ2v) is 7.66. The molecule has 0 unspecified atom stereocenters. The molecule has 158 valence electrons. The van der Waals surface area contributed by atoms with Gasteiger partial charge in [0.2, 0.25) is 17.7 Å². The highest BCUT2D eigenvalue weighted by molar-refractivity contribution is 6.30. The van der Waals surface area contributed by atoms with E-state index >= 15 is 0 Å². The Bertz CT molecular complexity index is 984. The predicted octanol–water partition coefficient (Wildman–Crippen LogP) is 3.11. The second-order valence-electron chi connectivity index (χ2n) is 7.23. The smallest absolute Gasteiger partial charge is 0.241 e. The van der Waals surface area contributed by atoms with Crippen LogP contribution in [0.2, 0.25) is 5.02 Å². The van der Waals surface area contributed by atoms with Gasteiger partial charge in [0, 0.05) is 17.5 Å². The number of halogens is 2. The maximum atomic E-state index is 13.8. The quantitative estimate of drug-likeness (QED) is 0.760. The third-order valence-electron chi connectivity index (χ3n) is 4.65. The molecule has 3 rings (SSSR count). The van der Waals surface area contributed by atoms with Gasteiger partial charge in [-0.2, -0.15) is 0 Å². The summed E-state index contributed by atoms with van der Waals surface area (Å²) in [5, 5.41) is 5.50. The summed E-state index contributed by atoms with van der Waals surface area (Å²) in [4.78, 5) is 40.4. The van der Waals surface area contributed by atoms with Crippen molar-refractivity contribution in [2.24, 2.45) is 0 Å². The standard InChI is InChI=1S/C21H22ClFN4O3/c1-13-9-19(28)25-17-5-3-4-6-18(17)27(13)21(30)12-26(2)11-20(29)24-16-8-7-14(22)10-15(16)23/h3-8,10,13H,9,11-12H2,1-2H3,(H,24,29)(H,25,28)/t13-/m0/s1. The van der Waals surface area contributed by atoms with Gasteiger partial charge in [0.15, 0.2) is 0 Å². The number of carbonyl (C=O) groups excluding carboxylic acids is 3. The number of amides is 3. The zero-order valence-electron chi connectivity index (χ0n) is 16.6. The molecule has 0 saturated carbocycles. The first-order valence-corrected chi connectivity index (χ1v) is 9.77. The number of para-hydroxylation sites is 2. The normalized spacial score (nSPS) is 16.0. The van der Waals surface area contributed by atoms with Crippen molar-refractivity contribution in [2.75, 3.05) is 35.7 Å². The lowest BCUT2D eigenvalue weighted by Gasteiger charge is -2.29.